The molecule has 0 rings (SSSR count). The first-order valence-corrected chi connectivity index (χ1v) is 5.57. The summed E-state index contributed by atoms with van der Waals surface area (Å²) >= 11 is 9.61. The summed E-state index contributed by atoms with van der Waals surface area (Å²) in [6.45, 7) is 0. The van der Waals surface area contributed by atoms with Gasteiger partial charge in [-0.3, -0.25) is 5.21 Å². The molecule has 0 amide bonds. The van der Waals surface area contributed by atoms with E-state index in [0.29, 0.717) is 8.64 Å². The number of rotatable bonds is 0. The van der Waals surface area contributed by atoms with Crippen LogP contribution in [0.25, 0.3) is 0 Å². The molecule has 0 aromatic rings. The molecule has 0 aromatic carbocycles. The Morgan fingerprint density at radius 1 is 1.45 bits per heavy atom. The molecule has 0 spiro atoms. The molecule has 0 radical (unpaired) electrons. The highest BCUT2D eigenvalue weighted by Gasteiger charge is 2.03. The molecule has 11 heavy (non-hydrogen) atoms. The normalized spacial score (nSPS) is 9.00. The van der Waals surface area contributed by atoms with Gasteiger partial charge in [0, 0.05) is 14.1 Å². The summed E-state index contributed by atoms with van der Waals surface area (Å²) in [6.07, 6.45) is 0. The highest BCUT2D eigenvalue weighted by atomic mass is 33.1. The number of hydroxylamine groups is 2. The Balaban J connectivity index is 3.54. The van der Waals surface area contributed by atoms with Gasteiger partial charge in [-0.05, 0) is 33.8 Å². The number of nitrogens with zero attached hydrogens (tertiary/aromatic N) is 1. The first kappa shape index (κ1) is 11.4. The summed E-state index contributed by atoms with van der Waals surface area (Å²) in [6, 6.07) is 0. The van der Waals surface area contributed by atoms with Crippen LogP contribution in [0.4, 0.5) is 0 Å². The van der Waals surface area contributed by atoms with E-state index in [9.17, 15) is 0 Å². The Kier molecular flexibility index (Phi) is 6.25. The fraction of sp³-hybridized carbons (Fsp3) is 0.500. The van der Waals surface area contributed by atoms with Gasteiger partial charge in [-0.2, -0.15) is 0 Å². The first-order valence-electron chi connectivity index (χ1n) is 2.60. The lowest BCUT2D eigenvalue weighted by Crippen LogP contribution is -2.17. The van der Waals surface area contributed by atoms with Gasteiger partial charge in [0.25, 0.3) is 0 Å². The van der Waals surface area contributed by atoms with E-state index in [0.717, 1.165) is 5.06 Å². The van der Waals surface area contributed by atoms with Crippen LogP contribution in [-0.4, -0.2) is 33.0 Å². The fourth-order valence-corrected chi connectivity index (χ4v) is 2.13. The minimum absolute atomic E-state index is 0.382. The largest absolute Gasteiger partial charge is 0.373 e. The monoisotopic (exact) mass is 228 g/mol. The fourth-order valence-electron chi connectivity index (χ4n) is 0.169. The summed E-state index contributed by atoms with van der Waals surface area (Å²) in [7, 11) is 5.75. The number of nitrogens with one attached hydrogen (secondary N) is 1. The van der Waals surface area contributed by atoms with Gasteiger partial charge in [0.05, 0.1) is 0 Å². The minimum Gasteiger partial charge on any atom is -0.373 e. The minimum atomic E-state index is 0.382. The SMILES string of the molecule is CNC(=S)SSC(=S)N(C)O. The third-order valence-corrected chi connectivity index (χ3v) is 4.33. The van der Waals surface area contributed by atoms with Crippen molar-refractivity contribution >= 4 is 54.7 Å². The standard InChI is InChI=1S/C4H8N2OS4/c1-5-3(8)10-11-4(9)6(2)7/h7H,1-2H3,(H,5,8). The molecule has 0 aromatic heterocycles. The molecule has 0 atom stereocenters. The van der Waals surface area contributed by atoms with Gasteiger partial charge in [0.1, 0.15) is 4.32 Å². The zero-order chi connectivity index (χ0) is 8.85. The van der Waals surface area contributed by atoms with Crippen molar-refractivity contribution in [2.75, 3.05) is 14.1 Å². The summed E-state index contributed by atoms with van der Waals surface area (Å²) in [5.41, 5.74) is 0. The van der Waals surface area contributed by atoms with Crippen molar-refractivity contribution < 1.29 is 5.21 Å². The van der Waals surface area contributed by atoms with Crippen LogP contribution in [0.1, 0.15) is 0 Å². The average molecular weight is 228 g/mol. The smallest absolute Gasteiger partial charge is 0.170 e. The highest BCUT2D eigenvalue weighted by Crippen LogP contribution is 2.24. The Morgan fingerprint density at radius 2 is 2.00 bits per heavy atom. The van der Waals surface area contributed by atoms with E-state index in [-0.39, 0.29) is 0 Å². The zero-order valence-electron chi connectivity index (χ0n) is 6.03. The molecule has 0 aliphatic heterocycles. The van der Waals surface area contributed by atoms with Crippen molar-refractivity contribution in [3.05, 3.63) is 0 Å². The maximum atomic E-state index is 8.80. The van der Waals surface area contributed by atoms with Crippen molar-refractivity contribution in [3.63, 3.8) is 0 Å². The molecular weight excluding hydrogens is 220 g/mol. The molecule has 0 saturated carbocycles. The Bertz CT molecular complexity index is 160. The van der Waals surface area contributed by atoms with Crippen LogP contribution in [-0.2, 0) is 0 Å². The lowest BCUT2D eigenvalue weighted by molar-refractivity contribution is 0.0206. The second kappa shape index (κ2) is 6.01. The van der Waals surface area contributed by atoms with E-state index in [4.69, 9.17) is 29.6 Å². The van der Waals surface area contributed by atoms with Gasteiger partial charge >= 0.3 is 0 Å². The molecule has 0 saturated heterocycles. The molecule has 0 heterocycles. The van der Waals surface area contributed by atoms with Gasteiger partial charge in [0.2, 0.25) is 0 Å². The second-order valence-electron chi connectivity index (χ2n) is 1.49. The Labute approximate surface area is 84.3 Å². The maximum absolute atomic E-state index is 8.80. The van der Waals surface area contributed by atoms with Gasteiger partial charge in [-0.1, -0.05) is 12.2 Å². The molecule has 0 aliphatic carbocycles. The van der Waals surface area contributed by atoms with Crippen LogP contribution in [0.5, 0.6) is 0 Å². The summed E-state index contributed by atoms with van der Waals surface area (Å²) in [5.74, 6) is 0. The average Bonchev–Trinajstić information content (AvgIpc) is 1.99. The molecule has 2 N–H and O–H groups in total. The van der Waals surface area contributed by atoms with Crippen LogP contribution in [0.2, 0.25) is 0 Å². The van der Waals surface area contributed by atoms with Crippen molar-refractivity contribution in [2.24, 2.45) is 0 Å². The van der Waals surface area contributed by atoms with Gasteiger partial charge in [0.15, 0.2) is 4.32 Å². The van der Waals surface area contributed by atoms with Crippen molar-refractivity contribution in [2.45, 2.75) is 0 Å². The van der Waals surface area contributed by atoms with E-state index in [1.807, 2.05) is 0 Å². The number of thiocarbonyl (C=S) groups is 2. The molecule has 0 bridgehead atoms. The molecule has 64 valence electrons. The van der Waals surface area contributed by atoms with Gasteiger partial charge in [-0.15, -0.1) is 0 Å². The quantitative estimate of drug-likeness (QED) is 0.369. The van der Waals surface area contributed by atoms with E-state index in [1.165, 1.54) is 28.6 Å². The van der Waals surface area contributed by atoms with E-state index < -0.39 is 0 Å². The van der Waals surface area contributed by atoms with Crippen molar-refractivity contribution in [1.82, 2.24) is 10.4 Å². The second-order valence-corrected chi connectivity index (χ2v) is 4.93. The third-order valence-electron chi connectivity index (χ3n) is 0.657. The van der Waals surface area contributed by atoms with E-state index in [2.05, 4.69) is 5.32 Å². The van der Waals surface area contributed by atoms with Crippen LogP contribution in [0.15, 0.2) is 0 Å². The van der Waals surface area contributed by atoms with Crippen LogP contribution in [0.3, 0.4) is 0 Å². The zero-order valence-corrected chi connectivity index (χ0v) is 9.29. The molecular formula is C4H8N2OS4. The predicted molar refractivity (Wildman–Crippen MR) is 59.0 cm³/mol. The molecule has 0 aliphatic rings. The third kappa shape index (κ3) is 5.68. The summed E-state index contributed by atoms with van der Waals surface area (Å²) in [5, 5.41) is 12.5. The van der Waals surface area contributed by atoms with Gasteiger partial charge < -0.3 is 5.32 Å². The summed E-state index contributed by atoms with van der Waals surface area (Å²) < 4.78 is 1.02. The van der Waals surface area contributed by atoms with Crippen LogP contribution < -0.4 is 5.32 Å². The topological polar surface area (TPSA) is 35.5 Å². The van der Waals surface area contributed by atoms with Crippen LogP contribution >= 0.6 is 46.0 Å². The van der Waals surface area contributed by atoms with E-state index in [1.54, 1.807) is 7.05 Å². The first-order chi connectivity index (χ1) is 5.07. The Hall–Kier alpha value is 0.440. The highest BCUT2D eigenvalue weighted by molar-refractivity contribution is 8.89. The molecule has 0 unspecified atom stereocenters. The summed E-state index contributed by atoms with van der Waals surface area (Å²) in [4.78, 5) is 0. The van der Waals surface area contributed by atoms with Crippen LogP contribution in [0, 0.1) is 0 Å². The van der Waals surface area contributed by atoms with Gasteiger partial charge in [-0.25, -0.2) is 5.06 Å². The number of hydrogen-bond acceptors (Lipinski definition) is 5. The molecule has 7 heteroatoms. The lowest BCUT2D eigenvalue weighted by atomic mass is 11.2. The predicted octanol–water partition coefficient (Wildman–Crippen LogP) is 1.48. The molecule has 0 fully saturated rings. The van der Waals surface area contributed by atoms with E-state index >= 15 is 0 Å². The van der Waals surface area contributed by atoms with Crippen molar-refractivity contribution in [1.29, 1.82) is 0 Å². The Morgan fingerprint density at radius 3 is 2.36 bits per heavy atom. The maximum Gasteiger partial charge on any atom is 0.170 e. The number of hydrogen-bond donors (Lipinski definition) is 2. The molecule has 3 nitrogen and oxygen atoms in total. The van der Waals surface area contributed by atoms with Crippen molar-refractivity contribution in [3.8, 4) is 0 Å². The lowest BCUT2D eigenvalue weighted by Gasteiger charge is -2.09.